The number of rotatable bonds is 6. The van der Waals surface area contributed by atoms with Gasteiger partial charge in [-0.2, -0.15) is 0 Å². The first kappa shape index (κ1) is 20.9. The first-order chi connectivity index (χ1) is 13.8. The predicted molar refractivity (Wildman–Crippen MR) is 111 cm³/mol. The summed E-state index contributed by atoms with van der Waals surface area (Å²) in [5.41, 5.74) is 0.323. The lowest BCUT2D eigenvalue weighted by Gasteiger charge is -2.07. The molecule has 0 aliphatic rings. The second-order valence-electron chi connectivity index (χ2n) is 6.34. The van der Waals surface area contributed by atoms with Crippen LogP contribution in [0.3, 0.4) is 0 Å². The van der Waals surface area contributed by atoms with Gasteiger partial charge < -0.3 is 10.6 Å². The molecule has 0 bridgehead atoms. The zero-order valence-corrected chi connectivity index (χ0v) is 17.3. The number of aryl methyl sites for hydroxylation is 1. The molecule has 0 radical (unpaired) electrons. The second-order valence-corrected chi connectivity index (χ2v) is 7.75. The molecule has 152 valence electrons. The fourth-order valence-corrected chi connectivity index (χ4v) is 3.98. The highest BCUT2D eigenvalue weighted by Gasteiger charge is 2.20. The Balaban J connectivity index is 1.91. The summed E-state index contributed by atoms with van der Waals surface area (Å²) in [6.45, 7) is 3.95. The standard InChI is InChI=1S/C19H18ClFN4O3S/c1-3-6-22-14(26)8-25-9-23-18-15(19(25)28)10(2)16(29-18)17(27)24-13-5-4-11(21)7-12(13)20/h4-5,7,9H,3,6,8H2,1-2H3,(H,22,26)(H,24,27). The van der Waals surface area contributed by atoms with E-state index in [1.807, 2.05) is 6.92 Å². The molecule has 2 heterocycles. The zero-order chi connectivity index (χ0) is 21.1. The van der Waals surface area contributed by atoms with E-state index in [4.69, 9.17) is 11.6 Å². The number of amides is 2. The number of aromatic nitrogens is 2. The van der Waals surface area contributed by atoms with Gasteiger partial charge in [0.05, 0.1) is 27.3 Å². The Hall–Kier alpha value is -2.78. The van der Waals surface area contributed by atoms with Crippen LogP contribution in [0.25, 0.3) is 10.2 Å². The number of halogens is 2. The summed E-state index contributed by atoms with van der Waals surface area (Å²) in [6.07, 6.45) is 2.09. The normalized spacial score (nSPS) is 10.9. The first-order valence-electron chi connectivity index (χ1n) is 8.83. The molecule has 0 saturated carbocycles. The molecule has 2 N–H and O–H groups in total. The number of hydrogen-bond donors (Lipinski definition) is 2. The van der Waals surface area contributed by atoms with Crippen LogP contribution in [0.1, 0.15) is 28.6 Å². The smallest absolute Gasteiger partial charge is 0.266 e. The molecule has 0 atom stereocenters. The van der Waals surface area contributed by atoms with Gasteiger partial charge in [0.2, 0.25) is 5.91 Å². The molecule has 10 heteroatoms. The van der Waals surface area contributed by atoms with E-state index in [0.717, 1.165) is 23.8 Å². The van der Waals surface area contributed by atoms with Crippen LogP contribution in [0.4, 0.5) is 10.1 Å². The van der Waals surface area contributed by atoms with E-state index in [-0.39, 0.29) is 33.4 Å². The maximum atomic E-state index is 13.2. The molecule has 2 aromatic heterocycles. The van der Waals surface area contributed by atoms with Crippen LogP contribution >= 0.6 is 22.9 Å². The number of nitrogens with zero attached hydrogens (tertiary/aromatic N) is 2. The summed E-state index contributed by atoms with van der Waals surface area (Å²) in [5.74, 6) is -1.28. The molecule has 0 aliphatic heterocycles. The van der Waals surface area contributed by atoms with E-state index < -0.39 is 17.3 Å². The lowest BCUT2D eigenvalue weighted by Crippen LogP contribution is -2.32. The maximum Gasteiger partial charge on any atom is 0.266 e. The SMILES string of the molecule is CCCNC(=O)Cn1cnc2sc(C(=O)Nc3ccc(F)cc3Cl)c(C)c2c1=O. The number of carbonyl (C=O) groups excluding carboxylic acids is 2. The van der Waals surface area contributed by atoms with Crippen molar-refractivity contribution in [2.24, 2.45) is 0 Å². The van der Waals surface area contributed by atoms with E-state index in [9.17, 15) is 18.8 Å². The van der Waals surface area contributed by atoms with Gasteiger partial charge in [0, 0.05) is 6.54 Å². The lowest BCUT2D eigenvalue weighted by atomic mass is 10.2. The number of benzene rings is 1. The third kappa shape index (κ3) is 4.46. The van der Waals surface area contributed by atoms with Crippen molar-refractivity contribution < 1.29 is 14.0 Å². The summed E-state index contributed by atoms with van der Waals surface area (Å²) in [5, 5.41) is 5.67. The molecule has 0 fully saturated rings. The van der Waals surface area contributed by atoms with Gasteiger partial charge in [0.25, 0.3) is 11.5 Å². The lowest BCUT2D eigenvalue weighted by molar-refractivity contribution is -0.121. The van der Waals surface area contributed by atoms with Gasteiger partial charge in [-0.25, -0.2) is 9.37 Å². The highest BCUT2D eigenvalue weighted by molar-refractivity contribution is 7.20. The van der Waals surface area contributed by atoms with Crippen LogP contribution in [0.5, 0.6) is 0 Å². The van der Waals surface area contributed by atoms with Crippen molar-refractivity contribution in [1.29, 1.82) is 0 Å². The molecular formula is C19H18ClFN4O3S. The Morgan fingerprint density at radius 3 is 2.79 bits per heavy atom. The van der Waals surface area contributed by atoms with Gasteiger partial charge in [-0.3, -0.25) is 19.0 Å². The van der Waals surface area contributed by atoms with Gasteiger partial charge in [0.15, 0.2) is 0 Å². The summed E-state index contributed by atoms with van der Waals surface area (Å²) in [4.78, 5) is 42.3. The van der Waals surface area contributed by atoms with E-state index in [1.165, 1.54) is 23.0 Å². The largest absolute Gasteiger partial charge is 0.355 e. The Bertz CT molecular complexity index is 1160. The van der Waals surface area contributed by atoms with Gasteiger partial charge >= 0.3 is 0 Å². The van der Waals surface area contributed by atoms with Crippen LogP contribution in [0, 0.1) is 12.7 Å². The summed E-state index contributed by atoms with van der Waals surface area (Å²) < 4.78 is 14.4. The fourth-order valence-electron chi connectivity index (χ4n) is 2.73. The van der Waals surface area contributed by atoms with Crippen molar-refractivity contribution in [1.82, 2.24) is 14.9 Å². The number of hydrogen-bond acceptors (Lipinski definition) is 5. The number of nitrogens with one attached hydrogen (secondary N) is 2. The van der Waals surface area contributed by atoms with Crippen molar-refractivity contribution in [3.8, 4) is 0 Å². The van der Waals surface area contributed by atoms with Gasteiger partial charge in [-0.15, -0.1) is 11.3 Å². The van der Waals surface area contributed by atoms with Gasteiger partial charge in [0.1, 0.15) is 17.2 Å². The van der Waals surface area contributed by atoms with Crippen LogP contribution in [-0.4, -0.2) is 27.9 Å². The molecule has 0 spiro atoms. The molecule has 29 heavy (non-hydrogen) atoms. The maximum absolute atomic E-state index is 13.2. The van der Waals surface area contributed by atoms with Crippen molar-refractivity contribution in [3.05, 3.63) is 56.2 Å². The van der Waals surface area contributed by atoms with Crippen LogP contribution in [-0.2, 0) is 11.3 Å². The fraction of sp³-hybridized carbons (Fsp3) is 0.263. The van der Waals surface area contributed by atoms with Crippen LogP contribution < -0.4 is 16.2 Å². The summed E-state index contributed by atoms with van der Waals surface area (Å²) >= 11 is 7.02. The zero-order valence-electron chi connectivity index (χ0n) is 15.7. The minimum absolute atomic E-state index is 0.0655. The monoisotopic (exact) mass is 436 g/mol. The third-order valence-electron chi connectivity index (χ3n) is 4.19. The molecule has 2 amide bonds. The topological polar surface area (TPSA) is 93.1 Å². The third-order valence-corrected chi connectivity index (χ3v) is 5.70. The van der Waals surface area contributed by atoms with Crippen molar-refractivity contribution in [2.45, 2.75) is 26.8 Å². The number of carbonyl (C=O) groups is 2. The van der Waals surface area contributed by atoms with E-state index >= 15 is 0 Å². The average molecular weight is 437 g/mol. The summed E-state index contributed by atoms with van der Waals surface area (Å²) in [6, 6.07) is 3.64. The van der Waals surface area contributed by atoms with Crippen LogP contribution in [0.15, 0.2) is 29.3 Å². The van der Waals surface area contributed by atoms with Crippen LogP contribution in [0.2, 0.25) is 5.02 Å². The predicted octanol–water partition coefficient (Wildman–Crippen LogP) is 3.34. The van der Waals surface area contributed by atoms with E-state index in [0.29, 0.717) is 16.9 Å². The highest BCUT2D eigenvalue weighted by atomic mass is 35.5. The van der Waals surface area contributed by atoms with Gasteiger partial charge in [-0.05, 0) is 37.1 Å². The van der Waals surface area contributed by atoms with E-state index in [2.05, 4.69) is 15.6 Å². The van der Waals surface area contributed by atoms with Gasteiger partial charge in [-0.1, -0.05) is 18.5 Å². The molecule has 7 nitrogen and oxygen atoms in total. The quantitative estimate of drug-likeness (QED) is 0.619. The Kier molecular flexibility index (Phi) is 6.29. The molecule has 3 rings (SSSR count). The first-order valence-corrected chi connectivity index (χ1v) is 10.0. The molecule has 0 unspecified atom stereocenters. The average Bonchev–Trinajstić information content (AvgIpc) is 3.02. The molecule has 0 aliphatic carbocycles. The van der Waals surface area contributed by atoms with Crippen molar-refractivity contribution in [3.63, 3.8) is 0 Å². The Morgan fingerprint density at radius 2 is 2.10 bits per heavy atom. The number of anilines is 1. The molecule has 3 aromatic rings. The minimum Gasteiger partial charge on any atom is -0.355 e. The van der Waals surface area contributed by atoms with E-state index in [1.54, 1.807) is 6.92 Å². The Labute approximate surface area is 174 Å². The number of thiophene rings is 1. The van der Waals surface area contributed by atoms with Crippen molar-refractivity contribution in [2.75, 3.05) is 11.9 Å². The Morgan fingerprint density at radius 1 is 1.34 bits per heavy atom. The van der Waals surface area contributed by atoms with Crippen molar-refractivity contribution >= 4 is 50.7 Å². The number of fused-ring (bicyclic) bond motifs is 1. The minimum atomic E-state index is -0.515. The molecular weight excluding hydrogens is 419 g/mol. The highest BCUT2D eigenvalue weighted by Crippen LogP contribution is 2.29. The second kappa shape index (κ2) is 8.71. The molecule has 0 saturated heterocycles. The molecule has 1 aromatic carbocycles. The summed E-state index contributed by atoms with van der Waals surface area (Å²) in [7, 11) is 0.